The van der Waals surface area contributed by atoms with Crippen LogP contribution < -0.4 is 14.7 Å². The van der Waals surface area contributed by atoms with Gasteiger partial charge in [-0.3, -0.25) is 0 Å². The first-order chi connectivity index (χ1) is 62.8. The van der Waals surface area contributed by atoms with Crippen LogP contribution in [0.3, 0.4) is 0 Å². The van der Waals surface area contributed by atoms with Crippen molar-refractivity contribution in [3.05, 3.63) is 456 Å². The normalized spacial score (nSPS) is 12.8. The lowest BCUT2D eigenvalue weighted by Crippen LogP contribution is -2.25. The summed E-state index contributed by atoms with van der Waals surface area (Å²) in [6.45, 7) is 4.48. The predicted molar refractivity (Wildman–Crippen MR) is 539 cm³/mol. The first kappa shape index (κ1) is 78.6. The van der Waals surface area contributed by atoms with Crippen molar-refractivity contribution in [1.29, 1.82) is 0 Å². The summed E-state index contributed by atoms with van der Waals surface area (Å²) in [7, 11) is 0. The second-order valence-corrected chi connectivity index (χ2v) is 35.9. The highest BCUT2D eigenvalue weighted by Gasteiger charge is 2.43. The SMILES string of the molecule is Cc1ccc(N(c2ccc(-c3ccc4c(c3)C(CCCCCCc3ccc(N(c5ccccc5)c5cc6c(c7ccccc57)CC6)cc3)(CCCCCCc3ccc(N(c5ccccc5)c5cc6c(c7ccccc57)CC6)cc3)c3cc(C)ccc3-4)cc2)c2ccc(-c3ccc4c(c3)c3ccccc3n4-c3cccc(-c4cccc(-c5ccccc5)c4)c3)cc2)cc1. The van der Waals surface area contributed by atoms with Gasteiger partial charge in [0.15, 0.2) is 0 Å². The number of aryl methyl sites for hydroxylation is 8. The van der Waals surface area contributed by atoms with Crippen molar-refractivity contribution >= 4 is 94.5 Å². The summed E-state index contributed by atoms with van der Waals surface area (Å²) in [5, 5.41) is 7.89. The van der Waals surface area contributed by atoms with Crippen molar-refractivity contribution in [2.24, 2.45) is 0 Å². The van der Waals surface area contributed by atoms with Crippen molar-refractivity contribution < 1.29 is 0 Å². The Morgan fingerprint density at radius 1 is 0.244 bits per heavy atom. The highest BCUT2D eigenvalue weighted by molar-refractivity contribution is 6.11. The third-order valence-electron chi connectivity index (χ3n) is 28.1. The van der Waals surface area contributed by atoms with E-state index >= 15 is 0 Å². The van der Waals surface area contributed by atoms with Gasteiger partial charge in [-0.1, -0.05) is 311 Å². The number of benzene rings is 18. The molecule has 0 unspecified atom stereocenters. The second kappa shape index (κ2) is 34.3. The molecule has 22 rings (SSSR count). The summed E-state index contributed by atoms with van der Waals surface area (Å²) in [4.78, 5) is 7.38. The van der Waals surface area contributed by atoms with Gasteiger partial charge in [0, 0.05) is 72.5 Å². The maximum absolute atomic E-state index is 2.62. The molecule has 0 aliphatic heterocycles. The minimum atomic E-state index is -0.118. The molecule has 0 N–H and O–H groups in total. The average Bonchev–Trinajstić information content (AvgIpc) is 1.60. The number of unbranched alkanes of at least 4 members (excludes halogenated alkanes) is 6. The number of hydrogen-bond donors (Lipinski definition) is 0. The molecular formula is C123H104N4. The summed E-state index contributed by atoms with van der Waals surface area (Å²) in [6, 6.07) is 151. The van der Waals surface area contributed by atoms with Crippen LogP contribution in [-0.2, 0) is 43.9 Å². The van der Waals surface area contributed by atoms with Gasteiger partial charge < -0.3 is 19.3 Å². The zero-order chi connectivity index (χ0) is 84.7. The Morgan fingerprint density at radius 2 is 0.622 bits per heavy atom. The van der Waals surface area contributed by atoms with Gasteiger partial charge in [-0.05, 0) is 328 Å². The highest BCUT2D eigenvalue weighted by atomic mass is 15.2. The van der Waals surface area contributed by atoms with E-state index in [9.17, 15) is 0 Å². The molecule has 1 aromatic heterocycles. The number of nitrogens with zero attached hydrogens (tertiary/aromatic N) is 4. The van der Waals surface area contributed by atoms with Crippen LogP contribution in [0.2, 0.25) is 0 Å². The molecule has 4 heteroatoms. The molecule has 0 bridgehead atoms. The molecule has 0 amide bonds. The molecule has 616 valence electrons. The molecule has 1 heterocycles. The summed E-state index contributed by atoms with van der Waals surface area (Å²) in [5.41, 5.74) is 41.0. The monoisotopic (exact) mass is 1640 g/mol. The van der Waals surface area contributed by atoms with E-state index < -0.39 is 0 Å². The van der Waals surface area contributed by atoms with Crippen LogP contribution in [0.1, 0.15) is 120 Å². The number of rotatable bonds is 28. The van der Waals surface area contributed by atoms with E-state index in [1.54, 1.807) is 0 Å². The van der Waals surface area contributed by atoms with Crippen LogP contribution in [0, 0.1) is 13.8 Å². The van der Waals surface area contributed by atoms with E-state index in [1.165, 1.54) is 227 Å². The largest absolute Gasteiger partial charge is 0.311 e. The van der Waals surface area contributed by atoms with Crippen molar-refractivity contribution in [2.45, 2.75) is 122 Å². The van der Waals surface area contributed by atoms with Gasteiger partial charge in [0.05, 0.1) is 22.4 Å². The summed E-state index contributed by atoms with van der Waals surface area (Å²) in [6.07, 6.45) is 18.5. The molecule has 4 nitrogen and oxygen atoms in total. The van der Waals surface area contributed by atoms with Crippen LogP contribution in [0.15, 0.2) is 400 Å². The minimum Gasteiger partial charge on any atom is -0.311 e. The molecule has 0 radical (unpaired) electrons. The van der Waals surface area contributed by atoms with Crippen LogP contribution >= 0.6 is 0 Å². The average molecular weight is 1640 g/mol. The number of hydrogen-bond acceptors (Lipinski definition) is 3. The van der Waals surface area contributed by atoms with Crippen LogP contribution in [0.25, 0.3) is 105 Å². The topological polar surface area (TPSA) is 14.7 Å². The third-order valence-corrected chi connectivity index (χ3v) is 28.1. The van der Waals surface area contributed by atoms with Crippen molar-refractivity contribution in [1.82, 2.24) is 4.57 Å². The van der Waals surface area contributed by atoms with Gasteiger partial charge in [-0.25, -0.2) is 0 Å². The molecule has 0 spiro atoms. The Balaban J connectivity index is 0.529. The number of aromatic nitrogens is 1. The lowest BCUT2D eigenvalue weighted by Gasteiger charge is -2.33. The van der Waals surface area contributed by atoms with Gasteiger partial charge in [-0.15, -0.1) is 0 Å². The molecule has 0 atom stereocenters. The zero-order valence-corrected chi connectivity index (χ0v) is 72.7. The fourth-order valence-corrected chi connectivity index (χ4v) is 21.3. The van der Waals surface area contributed by atoms with Gasteiger partial charge in [-0.2, -0.15) is 0 Å². The smallest absolute Gasteiger partial charge is 0.0542 e. The Bertz CT molecular complexity index is 7050. The van der Waals surface area contributed by atoms with Crippen LogP contribution in [0.4, 0.5) is 51.2 Å². The van der Waals surface area contributed by atoms with Gasteiger partial charge in [0.1, 0.15) is 0 Å². The summed E-state index contributed by atoms with van der Waals surface area (Å²) in [5.74, 6) is 0. The van der Waals surface area contributed by atoms with E-state index in [0.717, 1.165) is 87.0 Å². The number of anilines is 9. The molecular weight excluding hydrogens is 1530 g/mol. The molecule has 3 aliphatic carbocycles. The Kier molecular flexibility index (Phi) is 21.2. The lowest BCUT2D eigenvalue weighted by atomic mass is 9.70. The first-order valence-corrected chi connectivity index (χ1v) is 46.3. The van der Waals surface area contributed by atoms with Gasteiger partial charge in [0.2, 0.25) is 0 Å². The molecule has 3 aliphatic rings. The Labute approximate surface area is 748 Å². The molecule has 0 fully saturated rings. The predicted octanol–water partition coefficient (Wildman–Crippen LogP) is 33.6. The Morgan fingerprint density at radius 3 is 1.17 bits per heavy atom. The second-order valence-electron chi connectivity index (χ2n) is 35.9. The van der Waals surface area contributed by atoms with E-state index in [1.807, 2.05) is 0 Å². The fourth-order valence-electron chi connectivity index (χ4n) is 21.3. The van der Waals surface area contributed by atoms with Crippen molar-refractivity contribution in [3.8, 4) is 61.3 Å². The summed E-state index contributed by atoms with van der Waals surface area (Å²) >= 11 is 0. The molecule has 127 heavy (non-hydrogen) atoms. The van der Waals surface area contributed by atoms with E-state index in [2.05, 4.69) is 433 Å². The van der Waals surface area contributed by atoms with E-state index in [0.29, 0.717) is 0 Å². The maximum Gasteiger partial charge on any atom is 0.0542 e. The molecule has 0 saturated heterocycles. The van der Waals surface area contributed by atoms with Gasteiger partial charge in [0.25, 0.3) is 0 Å². The molecule has 18 aromatic carbocycles. The zero-order valence-electron chi connectivity index (χ0n) is 72.7. The fraction of sp³-hybridized carbons (Fsp3) is 0.154. The standard InChI is InChI=1S/C123H104N4/c1-85-46-61-101(62-47-85)124(102-67-53-90(54-68-102)95-60-75-120-116(81-95)115-44-22-23-45-119(115)127(120)106-39-27-34-94(80-106)93-33-26-32-92(79-93)89-30-12-7-13-31-89)103-69-55-91(56-70-103)96-57-74-112-111-71-48-86(2)78-117(111)123(118(112)82-96,76-24-5-3-10-28-87-49-63-104(64-50-87)125(99-35-14-8-15-36-99)121-83-97-58-72-107(97)109-40-18-20-42-113(109)121)77-25-6-4-11-29-88-51-65-105(66-52-88)126(100-37-16-9-17-38-100)122-84-98-59-73-108(98)110-41-19-21-43-114(110)122/h7-9,12-23,26-27,30-57,60-71,74-75,78-84H,3-6,10-11,24-25,28-29,58-59,72-73,76-77H2,1-2H3. The summed E-state index contributed by atoms with van der Waals surface area (Å²) < 4.78 is 2.44. The van der Waals surface area contributed by atoms with Crippen molar-refractivity contribution in [2.75, 3.05) is 14.7 Å². The number of para-hydroxylation sites is 3. The first-order valence-electron chi connectivity index (χ1n) is 46.3. The van der Waals surface area contributed by atoms with Crippen molar-refractivity contribution in [3.63, 3.8) is 0 Å². The maximum atomic E-state index is 2.62. The molecule has 0 saturated carbocycles. The van der Waals surface area contributed by atoms with Gasteiger partial charge >= 0.3 is 0 Å². The van der Waals surface area contributed by atoms with Crippen LogP contribution in [-0.4, -0.2) is 4.57 Å². The Hall–Kier alpha value is -14.3. The quantitative estimate of drug-likeness (QED) is 0.0454. The number of fused-ring (bicyclic) bond motifs is 12. The molecule has 19 aromatic rings. The van der Waals surface area contributed by atoms with E-state index in [4.69, 9.17) is 0 Å². The third kappa shape index (κ3) is 15.2. The highest BCUT2D eigenvalue weighted by Crippen LogP contribution is 2.56. The van der Waals surface area contributed by atoms with Crippen LogP contribution in [0.5, 0.6) is 0 Å². The van der Waals surface area contributed by atoms with E-state index in [-0.39, 0.29) is 5.41 Å². The lowest BCUT2D eigenvalue weighted by molar-refractivity contribution is 0.399. The minimum absolute atomic E-state index is 0.118.